The molecule has 0 fully saturated rings. The van der Waals surface area contributed by atoms with E-state index in [9.17, 15) is 4.57 Å². The first-order valence-corrected chi connectivity index (χ1v) is 4.76. The molecule has 0 N–H and O–H groups in total. The fourth-order valence-electron chi connectivity index (χ4n) is 0.180. The fourth-order valence-corrected chi connectivity index (χ4v) is 0.539. The van der Waals surface area contributed by atoms with Crippen LogP contribution in [0.2, 0.25) is 0 Å². The quantitative estimate of drug-likeness (QED) is 0.433. The Morgan fingerprint density at radius 1 is 1.50 bits per heavy atom. The summed E-state index contributed by atoms with van der Waals surface area (Å²) in [6, 6.07) is 0. The van der Waals surface area contributed by atoms with E-state index < -0.39 is 7.37 Å². The topological polar surface area (TPSA) is 35.5 Å². The van der Waals surface area contributed by atoms with Crippen LogP contribution in [-0.4, -0.2) is 27.2 Å². The van der Waals surface area contributed by atoms with E-state index in [0.717, 1.165) is 0 Å². The first-order valence-electron chi connectivity index (χ1n) is 2.25. The van der Waals surface area contributed by atoms with Crippen molar-refractivity contribution in [3.05, 3.63) is 0 Å². The highest BCUT2D eigenvalue weighted by Crippen LogP contribution is 2.36. The van der Waals surface area contributed by atoms with Crippen LogP contribution < -0.4 is 0 Å². The van der Waals surface area contributed by atoms with Gasteiger partial charge in [-0.05, 0) is 0 Å². The number of hydrogen-bond donors (Lipinski definition) is 0. The van der Waals surface area contributed by atoms with Gasteiger partial charge in [-0.15, -0.1) is 0 Å². The highest BCUT2D eigenvalue weighted by molar-refractivity contribution is 7.57. The zero-order valence-electron chi connectivity index (χ0n) is 5.38. The molecule has 50 valence electrons. The summed E-state index contributed by atoms with van der Waals surface area (Å²) in [5.74, 6) is 0. The summed E-state index contributed by atoms with van der Waals surface area (Å²) >= 11 is 0. The minimum atomic E-state index is -2.31. The molecule has 0 heterocycles. The molecular formula is C4H11O3P. The van der Waals surface area contributed by atoms with Crippen molar-refractivity contribution in [2.45, 2.75) is 0 Å². The lowest BCUT2D eigenvalue weighted by atomic mass is 11.4. The van der Waals surface area contributed by atoms with Crippen molar-refractivity contribution in [1.82, 2.24) is 0 Å². The fraction of sp³-hybridized carbons (Fsp3) is 1.00. The molecule has 0 radical (unpaired) electrons. The summed E-state index contributed by atoms with van der Waals surface area (Å²) in [6.45, 7) is 3.21. The molecule has 0 unspecified atom stereocenters. The van der Waals surface area contributed by atoms with Crippen LogP contribution in [-0.2, 0) is 13.8 Å². The van der Waals surface area contributed by atoms with Crippen LogP contribution in [0.3, 0.4) is 0 Å². The normalized spacial score (nSPS) is 11.9. The molecule has 0 aromatic carbocycles. The van der Waals surface area contributed by atoms with Gasteiger partial charge < -0.3 is 9.26 Å². The van der Waals surface area contributed by atoms with Gasteiger partial charge in [-0.1, -0.05) is 0 Å². The first-order chi connectivity index (χ1) is 3.56. The van der Waals surface area contributed by atoms with Gasteiger partial charge >= 0.3 is 0 Å². The standard InChI is InChI=1S/C4H11O3P/c1-6-4-7-8(2,3)5/h4H2,1-3H3. The van der Waals surface area contributed by atoms with Crippen LogP contribution in [0.5, 0.6) is 0 Å². The second-order valence-corrected chi connectivity index (χ2v) is 4.55. The molecule has 4 heteroatoms. The molecule has 0 aliphatic heterocycles. The van der Waals surface area contributed by atoms with E-state index in [1.54, 1.807) is 13.3 Å². The summed E-state index contributed by atoms with van der Waals surface area (Å²) in [5.41, 5.74) is 0. The van der Waals surface area contributed by atoms with Crippen molar-refractivity contribution < 1.29 is 13.8 Å². The van der Waals surface area contributed by atoms with E-state index in [1.807, 2.05) is 0 Å². The summed E-state index contributed by atoms with van der Waals surface area (Å²) in [6.07, 6.45) is 0. The Kier molecular flexibility index (Phi) is 3.29. The second kappa shape index (κ2) is 3.23. The Bertz CT molecular complexity index is 95.5. The van der Waals surface area contributed by atoms with Crippen LogP contribution in [0.15, 0.2) is 0 Å². The van der Waals surface area contributed by atoms with Crippen molar-refractivity contribution in [3.63, 3.8) is 0 Å². The molecule has 0 atom stereocenters. The van der Waals surface area contributed by atoms with E-state index in [4.69, 9.17) is 4.52 Å². The third-order valence-corrected chi connectivity index (χ3v) is 1.21. The monoisotopic (exact) mass is 138 g/mol. The number of rotatable bonds is 3. The summed E-state index contributed by atoms with van der Waals surface area (Å²) < 4.78 is 19.9. The summed E-state index contributed by atoms with van der Waals surface area (Å²) in [5, 5.41) is 0. The molecule has 0 aliphatic carbocycles. The van der Waals surface area contributed by atoms with E-state index in [2.05, 4.69) is 4.74 Å². The molecule has 0 amide bonds. The second-order valence-electron chi connectivity index (χ2n) is 1.79. The van der Waals surface area contributed by atoms with Gasteiger partial charge in [-0.25, -0.2) is 0 Å². The molecule has 3 nitrogen and oxygen atoms in total. The Balaban J connectivity index is 3.26. The lowest BCUT2D eigenvalue weighted by molar-refractivity contribution is 0.0548. The highest BCUT2D eigenvalue weighted by Gasteiger charge is 2.04. The lowest BCUT2D eigenvalue weighted by Gasteiger charge is -2.04. The number of methoxy groups -OCH3 is 1. The molecule has 0 saturated carbocycles. The van der Waals surface area contributed by atoms with Crippen molar-refractivity contribution >= 4 is 7.37 Å². The molecule has 0 aromatic rings. The first kappa shape index (κ1) is 8.15. The maximum absolute atomic E-state index is 10.7. The Morgan fingerprint density at radius 2 is 2.00 bits per heavy atom. The molecule has 8 heavy (non-hydrogen) atoms. The van der Waals surface area contributed by atoms with Gasteiger partial charge in [0, 0.05) is 20.4 Å². The molecule has 0 saturated heterocycles. The van der Waals surface area contributed by atoms with Gasteiger partial charge in [0.25, 0.3) is 0 Å². The molecule has 0 aliphatic rings. The lowest BCUT2D eigenvalue weighted by Crippen LogP contribution is -1.91. The minimum Gasteiger partial charge on any atom is -0.358 e. The van der Waals surface area contributed by atoms with Crippen LogP contribution in [0.25, 0.3) is 0 Å². The molecular weight excluding hydrogens is 127 g/mol. The van der Waals surface area contributed by atoms with Gasteiger partial charge in [-0.2, -0.15) is 0 Å². The average molecular weight is 138 g/mol. The molecule has 0 bridgehead atoms. The van der Waals surface area contributed by atoms with E-state index >= 15 is 0 Å². The smallest absolute Gasteiger partial charge is 0.199 e. The third-order valence-electron chi connectivity index (χ3n) is 0.481. The van der Waals surface area contributed by atoms with Crippen molar-refractivity contribution in [2.24, 2.45) is 0 Å². The van der Waals surface area contributed by atoms with E-state index in [1.165, 1.54) is 7.11 Å². The van der Waals surface area contributed by atoms with Crippen molar-refractivity contribution in [2.75, 3.05) is 27.2 Å². The minimum absolute atomic E-state index is 0.115. The number of ether oxygens (including phenoxy) is 1. The highest BCUT2D eigenvalue weighted by atomic mass is 31.2. The van der Waals surface area contributed by atoms with Gasteiger partial charge in [0.15, 0.2) is 14.2 Å². The maximum Gasteiger partial charge on any atom is 0.199 e. The van der Waals surface area contributed by atoms with E-state index in [0.29, 0.717) is 0 Å². The predicted octanol–water partition coefficient (Wildman–Crippen LogP) is 1.14. The maximum atomic E-state index is 10.7. The van der Waals surface area contributed by atoms with Crippen LogP contribution >= 0.6 is 7.37 Å². The molecule has 0 spiro atoms. The largest absolute Gasteiger partial charge is 0.358 e. The average Bonchev–Trinajstić information content (AvgIpc) is 1.59. The SMILES string of the molecule is COCOP(C)(C)=O. The van der Waals surface area contributed by atoms with Gasteiger partial charge in [0.05, 0.1) is 0 Å². The summed E-state index contributed by atoms with van der Waals surface area (Å²) in [7, 11) is -0.812. The van der Waals surface area contributed by atoms with Crippen LogP contribution in [0.4, 0.5) is 0 Å². The molecule has 0 aromatic heterocycles. The molecule has 0 rings (SSSR count). The van der Waals surface area contributed by atoms with Crippen molar-refractivity contribution in [1.29, 1.82) is 0 Å². The zero-order chi connectivity index (χ0) is 6.62. The van der Waals surface area contributed by atoms with Gasteiger partial charge in [-0.3, -0.25) is 4.57 Å². The third kappa shape index (κ3) is 6.15. The van der Waals surface area contributed by atoms with Gasteiger partial charge in [0.2, 0.25) is 0 Å². The van der Waals surface area contributed by atoms with E-state index in [-0.39, 0.29) is 6.79 Å². The Labute approximate surface area is 49.4 Å². The van der Waals surface area contributed by atoms with Crippen LogP contribution in [0, 0.1) is 0 Å². The van der Waals surface area contributed by atoms with Crippen LogP contribution in [0.1, 0.15) is 0 Å². The zero-order valence-corrected chi connectivity index (χ0v) is 6.27. The van der Waals surface area contributed by atoms with Crippen molar-refractivity contribution in [3.8, 4) is 0 Å². The Morgan fingerprint density at radius 3 is 2.12 bits per heavy atom. The van der Waals surface area contributed by atoms with Gasteiger partial charge in [0.1, 0.15) is 0 Å². The Hall–Kier alpha value is 0.150. The predicted molar refractivity (Wildman–Crippen MR) is 32.4 cm³/mol. The number of hydrogen-bond acceptors (Lipinski definition) is 3. The summed E-state index contributed by atoms with van der Waals surface area (Å²) in [4.78, 5) is 0.